The number of pyridine rings is 1. The highest BCUT2D eigenvalue weighted by Crippen LogP contribution is 2.27. The summed E-state index contributed by atoms with van der Waals surface area (Å²) in [6.45, 7) is 0. The van der Waals surface area contributed by atoms with Crippen molar-refractivity contribution in [2.75, 3.05) is 5.73 Å². The Balaban J connectivity index is 2.56. The number of nitrogens with two attached hydrogens (primary N) is 1. The molecule has 1 aromatic carbocycles. The molecule has 2 heterocycles. The Morgan fingerprint density at radius 3 is 2.45 bits per heavy atom. The SMILES string of the molecule is N#Cc1c(-c2ccc(Br)cc2)c2c(=O)[nH]c(N)nc2[nH]c1=O. The molecule has 0 spiro atoms. The van der Waals surface area contributed by atoms with Crippen LogP contribution in [0.1, 0.15) is 5.56 Å². The fourth-order valence-electron chi connectivity index (χ4n) is 2.23. The summed E-state index contributed by atoms with van der Waals surface area (Å²) in [7, 11) is 0. The molecule has 0 amide bonds. The van der Waals surface area contributed by atoms with Crippen molar-refractivity contribution in [2.45, 2.75) is 0 Å². The lowest BCUT2D eigenvalue weighted by Crippen LogP contribution is -2.19. The first kappa shape index (κ1) is 14.0. The van der Waals surface area contributed by atoms with Crippen molar-refractivity contribution in [3.63, 3.8) is 0 Å². The second kappa shape index (κ2) is 5.13. The van der Waals surface area contributed by atoms with E-state index in [-0.39, 0.29) is 28.1 Å². The molecule has 0 saturated carbocycles. The molecule has 0 aliphatic carbocycles. The minimum atomic E-state index is -0.620. The van der Waals surface area contributed by atoms with E-state index in [1.807, 2.05) is 6.07 Å². The van der Waals surface area contributed by atoms with Crippen LogP contribution in [0.5, 0.6) is 0 Å². The van der Waals surface area contributed by atoms with E-state index in [1.54, 1.807) is 24.3 Å². The summed E-state index contributed by atoms with van der Waals surface area (Å²) in [6, 6.07) is 8.76. The summed E-state index contributed by atoms with van der Waals surface area (Å²) >= 11 is 3.31. The zero-order chi connectivity index (χ0) is 15.9. The fraction of sp³-hybridized carbons (Fsp3) is 0. The molecule has 7 nitrogen and oxygen atoms in total. The lowest BCUT2D eigenvalue weighted by Gasteiger charge is -2.08. The zero-order valence-electron chi connectivity index (χ0n) is 11.0. The van der Waals surface area contributed by atoms with Crippen LogP contribution in [-0.2, 0) is 0 Å². The van der Waals surface area contributed by atoms with Gasteiger partial charge in [-0.2, -0.15) is 10.2 Å². The standard InChI is InChI=1S/C14H8BrN5O2/c15-7-3-1-6(2-4-7)9-8(5-16)12(21)18-11-10(9)13(22)20-14(17)19-11/h1-4H,(H4,17,18,19,20,21,22). The molecule has 2 aromatic heterocycles. The van der Waals surface area contributed by atoms with Crippen LogP contribution >= 0.6 is 15.9 Å². The van der Waals surface area contributed by atoms with E-state index in [0.29, 0.717) is 5.56 Å². The predicted molar refractivity (Wildman–Crippen MR) is 85.2 cm³/mol. The number of benzene rings is 1. The van der Waals surface area contributed by atoms with Gasteiger partial charge >= 0.3 is 0 Å². The van der Waals surface area contributed by atoms with Gasteiger partial charge in [0.05, 0.1) is 5.39 Å². The molecule has 0 radical (unpaired) electrons. The van der Waals surface area contributed by atoms with Crippen LogP contribution in [0.4, 0.5) is 5.95 Å². The lowest BCUT2D eigenvalue weighted by atomic mass is 9.99. The number of nitrogens with one attached hydrogen (secondary N) is 2. The maximum absolute atomic E-state index is 12.2. The molecule has 0 aliphatic heterocycles. The second-order valence-electron chi connectivity index (χ2n) is 4.50. The van der Waals surface area contributed by atoms with E-state index in [0.717, 1.165) is 4.47 Å². The van der Waals surface area contributed by atoms with E-state index in [1.165, 1.54) is 0 Å². The topological polar surface area (TPSA) is 128 Å². The van der Waals surface area contributed by atoms with Gasteiger partial charge in [-0.05, 0) is 17.7 Å². The van der Waals surface area contributed by atoms with Gasteiger partial charge in [-0.3, -0.25) is 14.6 Å². The van der Waals surface area contributed by atoms with Crippen LogP contribution in [0.3, 0.4) is 0 Å². The van der Waals surface area contributed by atoms with Crippen molar-refractivity contribution in [3.8, 4) is 17.2 Å². The number of H-pyrrole nitrogens is 2. The number of hydrogen-bond acceptors (Lipinski definition) is 5. The Morgan fingerprint density at radius 2 is 1.82 bits per heavy atom. The van der Waals surface area contributed by atoms with E-state index in [2.05, 4.69) is 30.9 Å². The minimum absolute atomic E-state index is 0.0446. The molecule has 0 saturated heterocycles. The third-order valence-electron chi connectivity index (χ3n) is 3.14. The molecule has 108 valence electrons. The van der Waals surface area contributed by atoms with Crippen molar-refractivity contribution in [3.05, 3.63) is 55.0 Å². The van der Waals surface area contributed by atoms with Crippen LogP contribution in [0, 0.1) is 11.3 Å². The Bertz CT molecular complexity index is 1040. The first-order chi connectivity index (χ1) is 10.5. The predicted octanol–water partition coefficient (Wildman–Crippen LogP) is 1.49. The summed E-state index contributed by atoms with van der Waals surface area (Å²) in [4.78, 5) is 33.0. The smallest absolute Gasteiger partial charge is 0.268 e. The summed E-state index contributed by atoms with van der Waals surface area (Å²) in [5.74, 6) is -0.111. The summed E-state index contributed by atoms with van der Waals surface area (Å²) < 4.78 is 0.834. The first-order valence-electron chi connectivity index (χ1n) is 6.13. The highest BCUT2D eigenvalue weighted by Gasteiger charge is 2.18. The normalized spacial score (nSPS) is 10.5. The first-order valence-corrected chi connectivity index (χ1v) is 6.92. The van der Waals surface area contributed by atoms with Crippen molar-refractivity contribution in [1.82, 2.24) is 15.0 Å². The molecule has 3 rings (SSSR count). The van der Waals surface area contributed by atoms with E-state index < -0.39 is 11.1 Å². The number of aromatic amines is 2. The van der Waals surface area contributed by atoms with Gasteiger partial charge in [0, 0.05) is 10.0 Å². The van der Waals surface area contributed by atoms with E-state index >= 15 is 0 Å². The van der Waals surface area contributed by atoms with Gasteiger partial charge in [-0.25, -0.2) is 0 Å². The van der Waals surface area contributed by atoms with Crippen LogP contribution in [0.2, 0.25) is 0 Å². The number of rotatable bonds is 1. The Kier molecular flexibility index (Phi) is 3.27. The molecule has 4 N–H and O–H groups in total. The number of fused-ring (bicyclic) bond motifs is 1. The number of nitrogens with zero attached hydrogens (tertiary/aromatic N) is 2. The molecule has 0 fully saturated rings. The average molecular weight is 358 g/mol. The summed E-state index contributed by atoms with van der Waals surface area (Å²) in [5.41, 5.74) is 5.05. The van der Waals surface area contributed by atoms with Crippen molar-refractivity contribution in [1.29, 1.82) is 5.26 Å². The lowest BCUT2D eigenvalue weighted by molar-refractivity contribution is 1.14. The maximum Gasteiger partial charge on any atom is 0.268 e. The number of halogens is 1. The highest BCUT2D eigenvalue weighted by molar-refractivity contribution is 9.10. The maximum atomic E-state index is 12.2. The van der Waals surface area contributed by atoms with E-state index in [4.69, 9.17) is 5.73 Å². The molecule has 0 aliphatic rings. The Morgan fingerprint density at radius 1 is 1.14 bits per heavy atom. The van der Waals surface area contributed by atoms with Gasteiger partial charge < -0.3 is 10.7 Å². The largest absolute Gasteiger partial charge is 0.369 e. The van der Waals surface area contributed by atoms with Crippen LogP contribution in [-0.4, -0.2) is 15.0 Å². The third-order valence-corrected chi connectivity index (χ3v) is 3.67. The molecule has 22 heavy (non-hydrogen) atoms. The van der Waals surface area contributed by atoms with Crippen molar-refractivity contribution < 1.29 is 0 Å². The number of nitrogen functional groups attached to an aromatic ring is 1. The molecule has 8 heteroatoms. The zero-order valence-corrected chi connectivity index (χ0v) is 12.6. The highest BCUT2D eigenvalue weighted by atomic mass is 79.9. The molecular formula is C14H8BrN5O2. The summed E-state index contributed by atoms with van der Waals surface area (Å²) in [6.07, 6.45) is 0. The van der Waals surface area contributed by atoms with Gasteiger partial charge in [0.1, 0.15) is 17.3 Å². The molecule has 3 aromatic rings. The minimum Gasteiger partial charge on any atom is -0.369 e. The Labute approximate surface area is 131 Å². The van der Waals surface area contributed by atoms with Crippen LogP contribution in [0.25, 0.3) is 22.2 Å². The van der Waals surface area contributed by atoms with Gasteiger partial charge in [0.25, 0.3) is 11.1 Å². The fourth-order valence-corrected chi connectivity index (χ4v) is 2.50. The number of hydrogen-bond donors (Lipinski definition) is 3. The Hall–Kier alpha value is -2.92. The molecule has 0 unspecified atom stereocenters. The average Bonchev–Trinajstić information content (AvgIpc) is 2.46. The summed E-state index contributed by atoms with van der Waals surface area (Å²) in [5, 5.41) is 9.40. The molecule has 0 atom stereocenters. The van der Waals surface area contributed by atoms with E-state index in [9.17, 15) is 14.9 Å². The van der Waals surface area contributed by atoms with Crippen LogP contribution < -0.4 is 16.9 Å². The third kappa shape index (κ3) is 2.17. The van der Waals surface area contributed by atoms with Gasteiger partial charge in [-0.1, -0.05) is 28.1 Å². The quantitative estimate of drug-likeness (QED) is 0.607. The number of nitriles is 1. The monoisotopic (exact) mass is 357 g/mol. The van der Waals surface area contributed by atoms with Crippen molar-refractivity contribution >= 4 is 32.9 Å². The number of anilines is 1. The van der Waals surface area contributed by atoms with Gasteiger partial charge in [0.2, 0.25) is 5.95 Å². The van der Waals surface area contributed by atoms with Gasteiger partial charge in [0.15, 0.2) is 0 Å². The van der Waals surface area contributed by atoms with Crippen LogP contribution in [0.15, 0.2) is 38.3 Å². The second-order valence-corrected chi connectivity index (χ2v) is 5.41. The molecular weight excluding hydrogens is 350 g/mol. The van der Waals surface area contributed by atoms with Gasteiger partial charge in [-0.15, -0.1) is 0 Å². The molecule has 0 bridgehead atoms. The van der Waals surface area contributed by atoms with Crippen molar-refractivity contribution in [2.24, 2.45) is 0 Å². The number of aromatic nitrogens is 3.